The van der Waals surface area contributed by atoms with Crippen LogP contribution in [-0.2, 0) is 6.42 Å². The molecule has 4 rings (SSSR count). The molecule has 3 aromatic heterocycles. The fourth-order valence-corrected chi connectivity index (χ4v) is 3.23. The van der Waals surface area contributed by atoms with Crippen molar-refractivity contribution >= 4 is 22.6 Å². The van der Waals surface area contributed by atoms with Gasteiger partial charge in [-0.3, -0.25) is 4.57 Å². The number of hydrogen-bond donors (Lipinski definition) is 0. The first-order valence-electron chi connectivity index (χ1n) is 8.23. The zero-order valence-electron chi connectivity index (χ0n) is 13.6. The van der Waals surface area contributed by atoms with E-state index in [4.69, 9.17) is 16.6 Å². The molecule has 0 amide bonds. The van der Waals surface area contributed by atoms with Crippen LogP contribution in [0.15, 0.2) is 24.4 Å². The van der Waals surface area contributed by atoms with Crippen LogP contribution in [-0.4, -0.2) is 19.5 Å². The number of fused-ring (bicyclic) bond motifs is 1. The highest BCUT2D eigenvalue weighted by Crippen LogP contribution is 2.44. The molecule has 0 N–H and O–H groups in total. The minimum absolute atomic E-state index is 0.113. The minimum Gasteiger partial charge on any atom is -0.279 e. The summed E-state index contributed by atoms with van der Waals surface area (Å²) < 4.78 is 16.8. The van der Waals surface area contributed by atoms with Crippen LogP contribution in [0.25, 0.3) is 16.9 Å². The smallest absolute Gasteiger partial charge is 0.224 e. The van der Waals surface area contributed by atoms with Crippen LogP contribution < -0.4 is 0 Å². The lowest BCUT2D eigenvalue weighted by atomic mass is 10.1. The van der Waals surface area contributed by atoms with Gasteiger partial charge in [0.15, 0.2) is 11.5 Å². The largest absolute Gasteiger partial charge is 0.279 e. The van der Waals surface area contributed by atoms with E-state index in [1.807, 2.05) is 22.8 Å². The maximum absolute atomic E-state index is 14.9. The Morgan fingerprint density at radius 1 is 1.29 bits per heavy atom. The van der Waals surface area contributed by atoms with Gasteiger partial charge in [0.25, 0.3) is 0 Å². The number of rotatable bonds is 4. The van der Waals surface area contributed by atoms with Crippen molar-refractivity contribution in [1.29, 1.82) is 0 Å². The van der Waals surface area contributed by atoms with Crippen molar-refractivity contribution in [3.8, 4) is 5.82 Å². The van der Waals surface area contributed by atoms with E-state index in [0.717, 1.165) is 25.0 Å². The summed E-state index contributed by atoms with van der Waals surface area (Å²) in [5.41, 5.74) is 2.13. The lowest BCUT2D eigenvalue weighted by Crippen LogP contribution is -2.06. The van der Waals surface area contributed by atoms with E-state index in [1.165, 1.54) is 6.20 Å². The second-order valence-electron chi connectivity index (χ2n) is 6.77. The Bertz CT molecular complexity index is 915. The first-order chi connectivity index (χ1) is 11.5. The molecule has 124 valence electrons. The van der Waals surface area contributed by atoms with E-state index >= 15 is 0 Å². The summed E-state index contributed by atoms with van der Waals surface area (Å²) >= 11 is 5.96. The normalized spacial score (nSPS) is 14.7. The van der Waals surface area contributed by atoms with Crippen LogP contribution in [0.4, 0.5) is 4.39 Å². The SMILES string of the molecule is CC(C)Cc1cccc(-n2c(C3CC3)c(F)c3cnc(Cl)nc32)n1. The van der Waals surface area contributed by atoms with Gasteiger partial charge < -0.3 is 0 Å². The molecule has 0 saturated heterocycles. The van der Waals surface area contributed by atoms with Gasteiger partial charge in [0.1, 0.15) is 5.82 Å². The zero-order chi connectivity index (χ0) is 16.8. The molecule has 0 aromatic carbocycles. The van der Waals surface area contributed by atoms with Gasteiger partial charge in [-0.05, 0) is 48.9 Å². The van der Waals surface area contributed by atoms with E-state index in [2.05, 4.69) is 23.8 Å². The number of nitrogens with zero attached hydrogens (tertiary/aromatic N) is 4. The van der Waals surface area contributed by atoms with E-state index in [-0.39, 0.29) is 17.0 Å². The third-order valence-electron chi connectivity index (χ3n) is 4.26. The standard InChI is InChI=1S/C18H18ClFN4/c1-10(2)8-12-4-3-5-14(22-12)24-16(11-6-7-11)15(20)13-9-21-18(19)23-17(13)24/h3-5,9-11H,6-8H2,1-2H3. The van der Waals surface area contributed by atoms with Gasteiger partial charge in [-0.15, -0.1) is 0 Å². The lowest BCUT2D eigenvalue weighted by molar-refractivity contribution is 0.611. The summed E-state index contributed by atoms with van der Waals surface area (Å²) in [6.07, 6.45) is 4.31. The average Bonchev–Trinajstić information content (AvgIpc) is 3.32. The second-order valence-corrected chi connectivity index (χ2v) is 7.11. The third-order valence-corrected chi connectivity index (χ3v) is 4.44. The van der Waals surface area contributed by atoms with E-state index in [0.29, 0.717) is 28.5 Å². The van der Waals surface area contributed by atoms with Gasteiger partial charge in [-0.25, -0.2) is 14.4 Å². The van der Waals surface area contributed by atoms with Gasteiger partial charge in [0.2, 0.25) is 5.28 Å². The van der Waals surface area contributed by atoms with Crippen LogP contribution in [0, 0.1) is 11.7 Å². The molecule has 0 aliphatic heterocycles. The molecule has 0 bridgehead atoms. The molecule has 0 spiro atoms. The van der Waals surface area contributed by atoms with Gasteiger partial charge in [-0.1, -0.05) is 19.9 Å². The predicted molar refractivity (Wildman–Crippen MR) is 92.1 cm³/mol. The summed E-state index contributed by atoms with van der Waals surface area (Å²) in [6, 6.07) is 5.86. The van der Waals surface area contributed by atoms with E-state index in [1.54, 1.807) is 0 Å². The molecule has 6 heteroatoms. The Kier molecular flexibility index (Phi) is 3.76. The average molecular weight is 345 g/mol. The van der Waals surface area contributed by atoms with Crippen molar-refractivity contribution in [2.45, 2.75) is 39.0 Å². The van der Waals surface area contributed by atoms with E-state index < -0.39 is 0 Å². The first-order valence-corrected chi connectivity index (χ1v) is 8.61. The van der Waals surface area contributed by atoms with Gasteiger partial charge in [0, 0.05) is 17.8 Å². The molecule has 3 aromatic rings. The number of pyridine rings is 1. The molecule has 1 aliphatic carbocycles. The Morgan fingerprint density at radius 2 is 2.08 bits per heavy atom. The maximum Gasteiger partial charge on any atom is 0.224 e. The fraction of sp³-hybridized carbons (Fsp3) is 0.389. The Balaban J connectivity index is 1.95. The van der Waals surface area contributed by atoms with Crippen LogP contribution in [0.1, 0.15) is 44.0 Å². The van der Waals surface area contributed by atoms with Gasteiger partial charge >= 0.3 is 0 Å². The molecule has 0 radical (unpaired) electrons. The van der Waals surface area contributed by atoms with E-state index in [9.17, 15) is 4.39 Å². The van der Waals surface area contributed by atoms with Crippen LogP contribution in [0.5, 0.6) is 0 Å². The summed E-state index contributed by atoms with van der Waals surface area (Å²) in [5, 5.41) is 0.513. The lowest BCUT2D eigenvalue weighted by Gasteiger charge is -2.11. The van der Waals surface area contributed by atoms with Crippen LogP contribution in [0.3, 0.4) is 0 Å². The summed E-state index contributed by atoms with van der Waals surface area (Å²) in [6.45, 7) is 4.31. The Labute approximate surface area is 144 Å². The molecule has 4 nitrogen and oxygen atoms in total. The molecule has 1 saturated carbocycles. The zero-order valence-corrected chi connectivity index (χ0v) is 14.4. The quantitative estimate of drug-likeness (QED) is 0.645. The summed E-state index contributed by atoms with van der Waals surface area (Å²) in [4.78, 5) is 12.9. The minimum atomic E-state index is -0.250. The maximum atomic E-state index is 14.9. The molecule has 1 aliphatic rings. The van der Waals surface area contributed by atoms with Crippen molar-refractivity contribution < 1.29 is 4.39 Å². The molecule has 1 fully saturated rings. The van der Waals surface area contributed by atoms with Crippen molar-refractivity contribution in [3.05, 3.63) is 46.9 Å². The summed E-state index contributed by atoms with van der Waals surface area (Å²) in [5.74, 6) is 1.16. The topological polar surface area (TPSA) is 43.6 Å². The molecular weight excluding hydrogens is 327 g/mol. The van der Waals surface area contributed by atoms with Crippen molar-refractivity contribution in [3.63, 3.8) is 0 Å². The molecule has 0 atom stereocenters. The molecular formula is C18H18ClFN4. The summed E-state index contributed by atoms with van der Waals surface area (Å²) in [7, 11) is 0. The van der Waals surface area contributed by atoms with Crippen LogP contribution in [0.2, 0.25) is 5.28 Å². The van der Waals surface area contributed by atoms with Crippen molar-refractivity contribution in [2.75, 3.05) is 0 Å². The predicted octanol–water partition coefficient (Wildman–Crippen LogP) is 4.68. The monoisotopic (exact) mass is 344 g/mol. The highest BCUT2D eigenvalue weighted by Gasteiger charge is 2.33. The Hall–Kier alpha value is -2.01. The molecule has 24 heavy (non-hydrogen) atoms. The molecule has 3 heterocycles. The number of halogens is 2. The first kappa shape index (κ1) is 15.5. The van der Waals surface area contributed by atoms with Gasteiger partial charge in [-0.2, -0.15) is 4.98 Å². The number of aromatic nitrogens is 4. The highest BCUT2D eigenvalue weighted by molar-refractivity contribution is 6.28. The Morgan fingerprint density at radius 3 is 2.79 bits per heavy atom. The van der Waals surface area contributed by atoms with Crippen molar-refractivity contribution in [2.24, 2.45) is 5.92 Å². The number of hydrogen-bond acceptors (Lipinski definition) is 3. The highest BCUT2D eigenvalue weighted by atomic mass is 35.5. The van der Waals surface area contributed by atoms with Crippen molar-refractivity contribution in [1.82, 2.24) is 19.5 Å². The molecule has 0 unspecified atom stereocenters. The third kappa shape index (κ3) is 2.67. The second kappa shape index (κ2) is 5.81. The van der Waals surface area contributed by atoms with Crippen LogP contribution >= 0.6 is 11.6 Å². The van der Waals surface area contributed by atoms with Gasteiger partial charge in [0.05, 0.1) is 11.1 Å². The fourth-order valence-electron chi connectivity index (χ4n) is 3.10.